The molecule has 4 rings (SSSR count). The number of thiophene rings is 1. The molecule has 7 nitrogen and oxygen atoms in total. The maximum atomic E-state index is 12.9. The number of benzene rings is 1. The monoisotopic (exact) mass is 459 g/mol. The highest BCUT2D eigenvalue weighted by Gasteiger charge is 2.43. The highest BCUT2D eigenvalue weighted by molar-refractivity contribution is 7.12. The molecule has 0 saturated heterocycles. The van der Waals surface area contributed by atoms with E-state index in [0.717, 1.165) is 28.4 Å². The fourth-order valence-electron chi connectivity index (χ4n) is 3.82. The Bertz CT molecular complexity index is 988. The first-order chi connectivity index (χ1) is 14.9. The molecule has 2 amide bonds. The third-order valence-electron chi connectivity index (χ3n) is 5.27. The first-order valence-corrected chi connectivity index (χ1v) is 11.7. The second kappa shape index (κ2) is 9.28. The average Bonchev–Trinajstić information content (AvgIpc) is 3.38. The number of carbonyl (C=O) groups is 2. The molecule has 2 aromatic rings. The Morgan fingerprint density at radius 2 is 2.03 bits per heavy atom. The van der Waals surface area contributed by atoms with Gasteiger partial charge in [-0.05, 0) is 41.5 Å². The van der Waals surface area contributed by atoms with Crippen molar-refractivity contribution < 1.29 is 9.59 Å². The molecule has 164 valence electrons. The lowest BCUT2D eigenvalue weighted by atomic mass is 10.1. The van der Waals surface area contributed by atoms with Crippen molar-refractivity contribution in [2.24, 2.45) is 11.0 Å². The van der Waals surface area contributed by atoms with Crippen LogP contribution in [0.25, 0.3) is 0 Å². The zero-order valence-electron chi connectivity index (χ0n) is 17.6. The average molecular weight is 460 g/mol. The number of hydrogen-bond acceptors (Lipinski definition) is 6. The maximum absolute atomic E-state index is 12.9. The number of hydrazone groups is 1. The molecule has 0 spiro atoms. The number of amides is 2. The van der Waals surface area contributed by atoms with E-state index in [1.807, 2.05) is 40.6 Å². The Kier molecular flexibility index (Phi) is 6.48. The quantitative estimate of drug-likeness (QED) is 0.631. The summed E-state index contributed by atoms with van der Waals surface area (Å²) in [6.45, 7) is 5.39. The smallest absolute Gasteiger partial charge is 0.269 e. The van der Waals surface area contributed by atoms with Gasteiger partial charge in [-0.25, -0.2) is 0 Å². The van der Waals surface area contributed by atoms with Crippen molar-refractivity contribution in [2.75, 3.05) is 18.0 Å². The van der Waals surface area contributed by atoms with E-state index in [9.17, 15) is 9.59 Å². The molecule has 3 heterocycles. The number of nitrogens with zero attached hydrogens (tertiary/aromatic N) is 3. The topological polar surface area (TPSA) is 77.0 Å². The molecule has 9 heteroatoms. The Morgan fingerprint density at radius 3 is 2.77 bits per heavy atom. The van der Waals surface area contributed by atoms with Crippen molar-refractivity contribution in [1.82, 2.24) is 15.6 Å². The van der Waals surface area contributed by atoms with E-state index in [1.165, 1.54) is 11.3 Å². The van der Waals surface area contributed by atoms with Gasteiger partial charge in [0.05, 0.1) is 5.69 Å². The highest BCUT2D eigenvalue weighted by atomic mass is 35.5. The van der Waals surface area contributed by atoms with Crippen molar-refractivity contribution >= 4 is 46.3 Å². The molecule has 2 aliphatic rings. The summed E-state index contributed by atoms with van der Waals surface area (Å²) in [5.41, 5.74) is 5.10. The Hall–Kier alpha value is -2.58. The van der Waals surface area contributed by atoms with Crippen LogP contribution in [0.3, 0.4) is 0 Å². The normalized spacial score (nSPS) is 17.4. The van der Waals surface area contributed by atoms with Crippen LogP contribution in [0, 0.1) is 5.92 Å². The van der Waals surface area contributed by atoms with E-state index >= 15 is 0 Å². The zero-order valence-corrected chi connectivity index (χ0v) is 19.2. The van der Waals surface area contributed by atoms with Crippen molar-refractivity contribution in [1.29, 1.82) is 0 Å². The predicted octanol–water partition coefficient (Wildman–Crippen LogP) is 3.66. The molecule has 31 heavy (non-hydrogen) atoms. The van der Waals surface area contributed by atoms with E-state index in [1.54, 1.807) is 0 Å². The van der Waals surface area contributed by atoms with Gasteiger partial charge in [-0.3, -0.25) is 24.8 Å². The minimum absolute atomic E-state index is 0.0159. The van der Waals surface area contributed by atoms with E-state index in [0.29, 0.717) is 36.9 Å². The summed E-state index contributed by atoms with van der Waals surface area (Å²) in [5.74, 6) is 1.13. The fraction of sp³-hybridized carbons (Fsp3) is 0.409. The van der Waals surface area contributed by atoms with Gasteiger partial charge in [0, 0.05) is 31.0 Å². The molecule has 0 radical (unpaired) electrons. The number of hydrogen-bond donors (Lipinski definition) is 2. The summed E-state index contributed by atoms with van der Waals surface area (Å²) in [6.07, 6.45) is 1.25. The minimum atomic E-state index is -0.333. The van der Waals surface area contributed by atoms with Gasteiger partial charge in [-0.2, -0.15) is 5.10 Å². The van der Waals surface area contributed by atoms with Gasteiger partial charge >= 0.3 is 0 Å². The third-order valence-corrected chi connectivity index (χ3v) is 6.42. The van der Waals surface area contributed by atoms with Crippen LogP contribution in [0.5, 0.6) is 0 Å². The van der Waals surface area contributed by atoms with Gasteiger partial charge < -0.3 is 5.32 Å². The molecule has 2 N–H and O–H groups in total. The number of amidine groups is 1. The second-order valence-electron chi connectivity index (χ2n) is 8.11. The second-order valence-corrected chi connectivity index (χ2v) is 9.47. The van der Waals surface area contributed by atoms with Crippen molar-refractivity contribution in [3.8, 4) is 0 Å². The van der Waals surface area contributed by atoms with E-state index in [-0.39, 0.29) is 18.1 Å². The standard InChI is InChI=1S/C22H26ClN5O2S/c1-14(2)13-27-21(30)20-17(10-12-31-20)28-18(25-26-22(27)28)7-8-19(29)24-11-9-15-3-5-16(23)6-4-15/h3-6,10,12,14,22,26H,7-9,11,13H2,1-2H3,(H,24,29). The molecular formula is C22H26ClN5O2S. The molecule has 0 aliphatic carbocycles. The Balaban J connectivity index is 1.34. The summed E-state index contributed by atoms with van der Waals surface area (Å²) in [6, 6.07) is 9.58. The van der Waals surface area contributed by atoms with E-state index in [2.05, 4.69) is 34.6 Å². The largest absolute Gasteiger partial charge is 0.356 e. The molecule has 1 unspecified atom stereocenters. The van der Waals surface area contributed by atoms with Crippen LogP contribution < -0.4 is 15.6 Å². The number of halogens is 1. The highest BCUT2D eigenvalue weighted by Crippen LogP contribution is 2.37. The Morgan fingerprint density at radius 1 is 1.26 bits per heavy atom. The number of fused-ring (bicyclic) bond motifs is 3. The summed E-state index contributed by atoms with van der Waals surface area (Å²) in [7, 11) is 0. The third kappa shape index (κ3) is 4.70. The van der Waals surface area contributed by atoms with Crippen LogP contribution in [0.2, 0.25) is 5.02 Å². The predicted molar refractivity (Wildman–Crippen MR) is 124 cm³/mol. The summed E-state index contributed by atoms with van der Waals surface area (Å²) < 4.78 is 0. The SMILES string of the molecule is CC(C)CN1C(=O)c2sccc2N2C(CCC(=O)NCCc3ccc(Cl)cc3)=NNC12. The number of carbonyl (C=O) groups excluding carboxylic acids is 2. The minimum Gasteiger partial charge on any atom is -0.356 e. The van der Waals surface area contributed by atoms with E-state index in [4.69, 9.17) is 11.6 Å². The number of anilines is 1. The maximum Gasteiger partial charge on any atom is 0.269 e. The fourth-order valence-corrected chi connectivity index (χ4v) is 4.79. The van der Waals surface area contributed by atoms with Crippen LogP contribution in [-0.4, -0.2) is 41.9 Å². The summed E-state index contributed by atoms with van der Waals surface area (Å²) in [4.78, 5) is 29.9. The van der Waals surface area contributed by atoms with Crippen molar-refractivity contribution in [3.05, 3.63) is 51.2 Å². The van der Waals surface area contributed by atoms with Crippen LogP contribution >= 0.6 is 22.9 Å². The molecular weight excluding hydrogens is 434 g/mol. The van der Waals surface area contributed by atoms with Crippen molar-refractivity contribution in [2.45, 2.75) is 39.4 Å². The summed E-state index contributed by atoms with van der Waals surface area (Å²) >= 11 is 7.35. The van der Waals surface area contributed by atoms with Crippen molar-refractivity contribution in [3.63, 3.8) is 0 Å². The van der Waals surface area contributed by atoms with Gasteiger partial charge in [0.1, 0.15) is 10.7 Å². The zero-order chi connectivity index (χ0) is 22.0. The lowest BCUT2D eigenvalue weighted by Gasteiger charge is -2.40. The molecule has 1 aromatic heterocycles. The molecule has 0 fully saturated rings. The number of nitrogens with one attached hydrogen (secondary N) is 2. The molecule has 2 aliphatic heterocycles. The summed E-state index contributed by atoms with van der Waals surface area (Å²) in [5, 5.41) is 10.1. The first kappa shape index (κ1) is 21.6. The van der Waals surface area contributed by atoms with E-state index < -0.39 is 0 Å². The van der Waals surface area contributed by atoms with Gasteiger partial charge in [0.15, 0.2) is 0 Å². The van der Waals surface area contributed by atoms with Crippen LogP contribution in [0.15, 0.2) is 40.8 Å². The van der Waals surface area contributed by atoms with Gasteiger partial charge in [-0.1, -0.05) is 37.6 Å². The van der Waals surface area contributed by atoms with Crippen LogP contribution in [0.4, 0.5) is 5.69 Å². The van der Waals surface area contributed by atoms with Gasteiger partial charge in [0.25, 0.3) is 5.91 Å². The van der Waals surface area contributed by atoms with Gasteiger partial charge in [-0.15, -0.1) is 11.3 Å². The molecule has 0 bridgehead atoms. The first-order valence-electron chi connectivity index (χ1n) is 10.4. The lowest BCUT2D eigenvalue weighted by molar-refractivity contribution is -0.120. The molecule has 1 aromatic carbocycles. The number of rotatable bonds is 8. The molecule has 0 saturated carbocycles. The van der Waals surface area contributed by atoms with Crippen LogP contribution in [-0.2, 0) is 11.2 Å². The lowest BCUT2D eigenvalue weighted by Crippen LogP contribution is -2.59. The van der Waals surface area contributed by atoms with Gasteiger partial charge in [0.2, 0.25) is 12.2 Å². The van der Waals surface area contributed by atoms with Crippen LogP contribution in [0.1, 0.15) is 41.9 Å². The molecule has 1 atom stereocenters. The Labute approximate surface area is 191 Å².